The number of nitrogens with zero attached hydrogens (tertiary/aromatic N) is 4. The second-order valence-electron chi connectivity index (χ2n) is 6.87. The zero-order chi connectivity index (χ0) is 19.5. The SMILES string of the molecule is Cc1ccc(OC2CO[C@H]3CN(C(=O)c4ccc(C#N)cn4)C[C@@H]3OC2)cn1. The summed E-state index contributed by atoms with van der Waals surface area (Å²) < 4.78 is 17.8. The van der Waals surface area contributed by atoms with Crippen molar-refractivity contribution in [1.29, 1.82) is 5.26 Å². The van der Waals surface area contributed by atoms with E-state index in [4.69, 9.17) is 19.5 Å². The lowest BCUT2D eigenvalue weighted by Gasteiger charge is -2.19. The number of hydrogen-bond donors (Lipinski definition) is 0. The van der Waals surface area contributed by atoms with Gasteiger partial charge in [0.25, 0.3) is 5.91 Å². The molecule has 144 valence electrons. The number of hydrogen-bond acceptors (Lipinski definition) is 7. The normalized spacial score (nSPS) is 22.2. The molecular weight excluding hydrogens is 360 g/mol. The van der Waals surface area contributed by atoms with E-state index in [2.05, 4.69) is 9.97 Å². The molecule has 0 radical (unpaired) electrons. The van der Waals surface area contributed by atoms with E-state index >= 15 is 0 Å². The average Bonchev–Trinajstić information content (AvgIpc) is 3.05. The number of aryl methyl sites for hydroxylation is 1. The zero-order valence-electron chi connectivity index (χ0n) is 15.4. The highest BCUT2D eigenvalue weighted by Crippen LogP contribution is 2.23. The van der Waals surface area contributed by atoms with E-state index in [0.29, 0.717) is 43.3 Å². The van der Waals surface area contributed by atoms with Gasteiger partial charge >= 0.3 is 0 Å². The molecule has 0 saturated carbocycles. The molecule has 4 rings (SSSR count). The van der Waals surface area contributed by atoms with E-state index in [1.54, 1.807) is 23.2 Å². The number of nitriles is 1. The monoisotopic (exact) mass is 380 g/mol. The Morgan fingerprint density at radius 3 is 2.46 bits per heavy atom. The van der Waals surface area contributed by atoms with Crippen molar-refractivity contribution < 1.29 is 19.0 Å². The van der Waals surface area contributed by atoms with Crippen LogP contribution in [-0.2, 0) is 9.47 Å². The fraction of sp³-hybridized carbons (Fsp3) is 0.400. The minimum absolute atomic E-state index is 0.191. The number of ether oxygens (including phenoxy) is 3. The maximum atomic E-state index is 12.6. The highest BCUT2D eigenvalue weighted by atomic mass is 16.6. The molecule has 4 heterocycles. The van der Waals surface area contributed by atoms with E-state index in [1.807, 2.05) is 25.1 Å². The van der Waals surface area contributed by atoms with Crippen LogP contribution in [0.4, 0.5) is 0 Å². The van der Waals surface area contributed by atoms with Gasteiger partial charge in [-0.05, 0) is 31.2 Å². The Morgan fingerprint density at radius 2 is 1.89 bits per heavy atom. The first kappa shape index (κ1) is 18.3. The van der Waals surface area contributed by atoms with Crippen molar-refractivity contribution in [3.05, 3.63) is 53.6 Å². The zero-order valence-corrected chi connectivity index (χ0v) is 15.4. The quantitative estimate of drug-likeness (QED) is 0.793. The molecule has 2 saturated heterocycles. The Morgan fingerprint density at radius 1 is 1.14 bits per heavy atom. The van der Waals surface area contributed by atoms with Crippen LogP contribution in [0.25, 0.3) is 0 Å². The summed E-state index contributed by atoms with van der Waals surface area (Å²) in [5.74, 6) is 0.488. The first-order valence-electron chi connectivity index (χ1n) is 9.10. The van der Waals surface area contributed by atoms with Crippen LogP contribution in [-0.4, -0.2) is 65.4 Å². The molecule has 0 aliphatic carbocycles. The number of carbonyl (C=O) groups excluding carboxylic acids is 1. The van der Waals surface area contributed by atoms with Crippen molar-refractivity contribution in [3.63, 3.8) is 0 Å². The van der Waals surface area contributed by atoms with Gasteiger partial charge in [0.1, 0.15) is 35.8 Å². The molecule has 8 heteroatoms. The Hall–Kier alpha value is -3.02. The molecule has 8 nitrogen and oxygen atoms in total. The lowest BCUT2D eigenvalue weighted by Crippen LogP contribution is -2.33. The summed E-state index contributed by atoms with van der Waals surface area (Å²) in [4.78, 5) is 22.6. The molecule has 0 N–H and O–H groups in total. The average molecular weight is 380 g/mol. The van der Waals surface area contributed by atoms with Gasteiger partial charge in [-0.1, -0.05) is 0 Å². The highest BCUT2D eigenvalue weighted by molar-refractivity contribution is 5.92. The topological polar surface area (TPSA) is 97.6 Å². The van der Waals surface area contributed by atoms with Gasteiger partial charge in [-0.25, -0.2) is 4.98 Å². The van der Waals surface area contributed by atoms with Crippen LogP contribution in [0, 0.1) is 18.3 Å². The Bertz CT molecular complexity index is 863. The third-order valence-corrected chi connectivity index (χ3v) is 4.79. The molecule has 2 aliphatic rings. The lowest BCUT2D eigenvalue weighted by molar-refractivity contribution is -0.00461. The standard InChI is InChI=1S/C20H20N4O4/c1-13-2-4-15(8-22-13)28-16-11-26-18-9-24(10-19(18)27-12-16)20(25)17-5-3-14(6-21)7-23-17/h2-5,7-8,16,18-19H,9-12H2,1H3/t18-,19-/m0/s1. The van der Waals surface area contributed by atoms with Crippen molar-refractivity contribution in [1.82, 2.24) is 14.9 Å². The van der Waals surface area contributed by atoms with Gasteiger partial charge in [0.05, 0.1) is 25.0 Å². The number of aromatic nitrogens is 2. The molecular formula is C20H20N4O4. The maximum Gasteiger partial charge on any atom is 0.272 e. The molecule has 0 aromatic carbocycles. The number of fused-ring (bicyclic) bond motifs is 1. The Balaban J connectivity index is 1.34. The predicted octanol–water partition coefficient (Wildman–Crippen LogP) is 1.34. The van der Waals surface area contributed by atoms with Crippen molar-refractivity contribution in [2.24, 2.45) is 0 Å². The lowest BCUT2D eigenvalue weighted by atomic mass is 10.2. The largest absolute Gasteiger partial charge is 0.484 e. The van der Waals surface area contributed by atoms with Gasteiger partial charge in [-0.2, -0.15) is 5.26 Å². The highest BCUT2D eigenvalue weighted by Gasteiger charge is 2.40. The third kappa shape index (κ3) is 3.96. The van der Waals surface area contributed by atoms with Crippen LogP contribution in [0.1, 0.15) is 21.7 Å². The second-order valence-corrected chi connectivity index (χ2v) is 6.87. The van der Waals surface area contributed by atoms with Gasteiger partial charge < -0.3 is 19.1 Å². The first-order valence-corrected chi connectivity index (χ1v) is 9.10. The molecule has 2 aliphatic heterocycles. The molecule has 0 spiro atoms. The van der Waals surface area contributed by atoms with Gasteiger partial charge in [-0.15, -0.1) is 0 Å². The van der Waals surface area contributed by atoms with E-state index in [0.717, 1.165) is 5.69 Å². The maximum absolute atomic E-state index is 12.6. The molecule has 1 amide bonds. The fourth-order valence-corrected chi connectivity index (χ4v) is 3.27. The summed E-state index contributed by atoms with van der Waals surface area (Å²) in [5, 5.41) is 8.84. The molecule has 28 heavy (non-hydrogen) atoms. The summed E-state index contributed by atoms with van der Waals surface area (Å²) in [5.41, 5.74) is 1.66. The summed E-state index contributed by atoms with van der Waals surface area (Å²) in [6.07, 6.45) is 2.46. The number of pyridine rings is 2. The van der Waals surface area contributed by atoms with Crippen molar-refractivity contribution in [2.75, 3.05) is 26.3 Å². The van der Waals surface area contributed by atoms with Gasteiger partial charge in [0.15, 0.2) is 0 Å². The van der Waals surface area contributed by atoms with E-state index < -0.39 is 0 Å². The van der Waals surface area contributed by atoms with Crippen LogP contribution >= 0.6 is 0 Å². The van der Waals surface area contributed by atoms with Crippen molar-refractivity contribution in [2.45, 2.75) is 25.2 Å². The van der Waals surface area contributed by atoms with E-state index in [-0.39, 0.29) is 24.2 Å². The van der Waals surface area contributed by atoms with Crippen molar-refractivity contribution in [3.8, 4) is 11.8 Å². The Kier molecular flexibility index (Phi) is 5.19. The molecule has 2 aromatic heterocycles. The molecule has 0 bridgehead atoms. The number of amides is 1. The molecule has 2 aromatic rings. The van der Waals surface area contributed by atoms with Crippen LogP contribution in [0.5, 0.6) is 5.75 Å². The minimum atomic E-state index is -0.223. The van der Waals surface area contributed by atoms with E-state index in [9.17, 15) is 4.79 Å². The van der Waals surface area contributed by atoms with Crippen LogP contribution < -0.4 is 4.74 Å². The second kappa shape index (κ2) is 7.92. The fourth-order valence-electron chi connectivity index (χ4n) is 3.27. The minimum Gasteiger partial charge on any atom is -0.484 e. The van der Waals surface area contributed by atoms with Crippen LogP contribution in [0.15, 0.2) is 36.7 Å². The number of likely N-dealkylation sites (tertiary alicyclic amines) is 1. The predicted molar refractivity (Wildman–Crippen MR) is 97.7 cm³/mol. The van der Waals surface area contributed by atoms with Gasteiger partial charge in [0, 0.05) is 25.0 Å². The number of carbonyl (C=O) groups is 1. The van der Waals surface area contributed by atoms with Crippen LogP contribution in [0.2, 0.25) is 0 Å². The van der Waals surface area contributed by atoms with E-state index in [1.165, 1.54) is 6.20 Å². The summed E-state index contributed by atoms with van der Waals surface area (Å²) in [6, 6.07) is 8.91. The first-order chi connectivity index (χ1) is 13.6. The van der Waals surface area contributed by atoms with Gasteiger partial charge in [0.2, 0.25) is 0 Å². The molecule has 0 unspecified atom stereocenters. The van der Waals surface area contributed by atoms with Gasteiger partial charge in [-0.3, -0.25) is 9.78 Å². The summed E-state index contributed by atoms with van der Waals surface area (Å²) in [6.45, 7) is 3.55. The summed E-state index contributed by atoms with van der Waals surface area (Å²) in [7, 11) is 0. The molecule has 2 atom stereocenters. The van der Waals surface area contributed by atoms with Crippen molar-refractivity contribution >= 4 is 5.91 Å². The third-order valence-electron chi connectivity index (χ3n) is 4.79. The summed E-state index contributed by atoms with van der Waals surface area (Å²) >= 11 is 0. The van der Waals surface area contributed by atoms with Crippen LogP contribution in [0.3, 0.4) is 0 Å². The Labute approximate surface area is 162 Å². The number of rotatable bonds is 3. The smallest absolute Gasteiger partial charge is 0.272 e. The molecule has 2 fully saturated rings.